The molecule has 118 valence electrons. The predicted octanol–water partition coefficient (Wildman–Crippen LogP) is 2.93. The van der Waals surface area contributed by atoms with Crippen LogP contribution < -0.4 is 10.2 Å². The Morgan fingerprint density at radius 3 is 2.90 bits per heavy atom. The molecule has 1 aromatic rings. The van der Waals surface area contributed by atoms with Crippen LogP contribution in [0.15, 0.2) is 12.1 Å². The second kappa shape index (κ2) is 7.76. The molecule has 0 spiro atoms. The molecule has 1 aliphatic heterocycles. The molecule has 4 heteroatoms. The fourth-order valence-electron chi connectivity index (χ4n) is 2.76. The molecule has 1 saturated heterocycles. The maximum atomic E-state index is 5.53. The van der Waals surface area contributed by atoms with Crippen LogP contribution in [0.3, 0.4) is 0 Å². The minimum Gasteiger partial charge on any atom is -0.380 e. The SMILES string of the molecule is CCNCc1cc(C(C)C)nc(N2CCCC(OC)C2)c1. The molecule has 2 rings (SSSR count). The van der Waals surface area contributed by atoms with Crippen molar-refractivity contribution in [2.45, 2.75) is 52.2 Å². The maximum absolute atomic E-state index is 5.53. The van der Waals surface area contributed by atoms with E-state index in [1.54, 1.807) is 0 Å². The number of aromatic nitrogens is 1. The first kappa shape index (κ1) is 16.2. The standard InChI is InChI=1S/C17H29N3O/c1-5-18-11-14-9-16(13(2)3)19-17(10-14)20-8-6-7-15(12-20)21-4/h9-10,13,15,18H,5-8,11-12H2,1-4H3. The van der Waals surface area contributed by atoms with Gasteiger partial charge in [0.15, 0.2) is 0 Å². The van der Waals surface area contributed by atoms with E-state index in [0.29, 0.717) is 12.0 Å². The van der Waals surface area contributed by atoms with Crippen molar-refractivity contribution in [2.75, 3.05) is 31.6 Å². The number of rotatable bonds is 6. The zero-order chi connectivity index (χ0) is 15.2. The number of anilines is 1. The highest BCUT2D eigenvalue weighted by Gasteiger charge is 2.21. The summed E-state index contributed by atoms with van der Waals surface area (Å²) < 4.78 is 5.53. The van der Waals surface area contributed by atoms with Crippen LogP contribution in [0, 0.1) is 0 Å². The number of pyridine rings is 1. The van der Waals surface area contributed by atoms with Crippen molar-refractivity contribution in [3.05, 3.63) is 23.4 Å². The van der Waals surface area contributed by atoms with Crippen molar-refractivity contribution in [1.82, 2.24) is 10.3 Å². The van der Waals surface area contributed by atoms with Crippen molar-refractivity contribution in [3.8, 4) is 0 Å². The fraction of sp³-hybridized carbons (Fsp3) is 0.706. The zero-order valence-corrected chi connectivity index (χ0v) is 13.9. The first-order valence-corrected chi connectivity index (χ1v) is 8.13. The van der Waals surface area contributed by atoms with E-state index in [0.717, 1.165) is 38.4 Å². The van der Waals surface area contributed by atoms with Crippen LogP contribution in [0.5, 0.6) is 0 Å². The second-order valence-corrected chi connectivity index (χ2v) is 6.14. The van der Waals surface area contributed by atoms with Crippen LogP contribution in [0.2, 0.25) is 0 Å². The van der Waals surface area contributed by atoms with E-state index < -0.39 is 0 Å². The first-order valence-electron chi connectivity index (χ1n) is 8.13. The Kier molecular flexibility index (Phi) is 6.00. The third-order valence-corrected chi connectivity index (χ3v) is 4.10. The van der Waals surface area contributed by atoms with Crippen LogP contribution in [-0.2, 0) is 11.3 Å². The van der Waals surface area contributed by atoms with E-state index in [4.69, 9.17) is 9.72 Å². The third-order valence-electron chi connectivity index (χ3n) is 4.10. The van der Waals surface area contributed by atoms with Gasteiger partial charge in [0, 0.05) is 32.4 Å². The van der Waals surface area contributed by atoms with Crippen LogP contribution in [0.4, 0.5) is 5.82 Å². The maximum Gasteiger partial charge on any atom is 0.129 e. The molecule has 0 bridgehead atoms. The number of hydrogen-bond donors (Lipinski definition) is 1. The number of hydrogen-bond acceptors (Lipinski definition) is 4. The molecule has 1 aliphatic rings. The molecule has 0 radical (unpaired) electrons. The summed E-state index contributed by atoms with van der Waals surface area (Å²) >= 11 is 0. The van der Waals surface area contributed by atoms with Crippen LogP contribution in [0.25, 0.3) is 0 Å². The summed E-state index contributed by atoms with van der Waals surface area (Å²) in [6.07, 6.45) is 2.66. The number of piperidine rings is 1. The lowest BCUT2D eigenvalue weighted by Gasteiger charge is -2.33. The lowest BCUT2D eigenvalue weighted by atomic mass is 10.1. The van der Waals surface area contributed by atoms with Crippen molar-refractivity contribution in [3.63, 3.8) is 0 Å². The Labute approximate surface area is 128 Å². The molecule has 1 fully saturated rings. The van der Waals surface area contributed by atoms with E-state index in [1.807, 2.05) is 7.11 Å². The largest absolute Gasteiger partial charge is 0.380 e. The molecule has 1 unspecified atom stereocenters. The molecular weight excluding hydrogens is 262 g/mol. The van der Waals surface area contributed by atoms with E-state index in [-0.39, 0.29) is 0 Å². The second-order valence-electron chi connectivity index (χ2n) is 6.14. The minimum atomic E-state index is 0.334. The lowest BCUT2D eigenvalue weighted by molar-refractivity contribution is 0.0891. The predicted molar refractivity (Wildman–Crippen MR) is 88.0 cm³/mol. The van der Waals surface area contributed by atoms with E-state index >= 15 is 0 Å². The van der Waals surface area contributed by atoms with Gasteiger partial charge in [-0.25, -0.2) is 4.98 Å². The van der Waals surface area contributed by atoms with Crippen molar-refractivity contribution >= 4 is 5.82 Å². The molecule has 1 aromatic heterocycles. The molecule has 0 aliphatic carbocycles. The Hall–Kier alpha value is -1.13. The Bertz CT molecular complexity index is 448. The fourth-order valence-corrected chi connectivity index (χ4v) is 2.76. The van der Waals surface area contributed by atoms with E-state index in [9.17, 15) is 0 Å². The van der Waals surface area contributed by atoms with Crippen LogP contribution >= 0.6 is 0 Å². The summed E-state index contributed by atoms with van der Waals surface area (Å²) in [6, 6.07) is 4.46. The minimum absolute atomic E-state index is 0.334. The van der Waals surface area contributed by atoms with Gasteiger partial charge in [-0.15, -0.1) is 0 Å². The summed E-state index contributed by atoms with van der Waals surface area (Å²) in [7, 11) is 1.81. The summed E-state index contributed by atoms with van der Waals surface area (Å²) in [5, 5.41) is 3.41. The van der Waals surface area contributed by atoms with Gasteiger partial charge in [0.25, 0.3) is 0 Å². The molecular formula is C17H29N3O. The van der Waals surface area contributed by atoms with Gasteiger partial charge in [-0.2, -0.15) is 0 Å². The third kappa shape index (κ3) is 4.42. The quantitative estimate of drug-likeness (QED) is 0.874. The van der Waals surface area contributed by atoms with Crippen molar-refractivity contribution in [1.29, 1.82) is 0 Å². The van der Waals surface area contributed by atoms with E-state index in [2.05, 4.69) is 43.1 Å². The van der Waals surface area contributed by atoms with Crippen LogP contribution in [-0.4, -0.2) is 37.8 Å². The normalized spacial score (nSPS) is 19.3. The molecule has 0 saturated carbocycles. The molecule has 21 heavy (non-hydrogen) atoms. The lowest BCUT2D eigenvalue weighted by Crippen LogP contribution is -2.39. The Morgan fingerprint density at radius 1 is 1.43 bits per heavy atom. The number of nitrogens with zero attached hydrogens (tertiary/aromatic N) is 2. The van der Waals surface area contributed by atoms with Gasteiger partial charge in [0.05, 0.1) is 6.10 Å². The topological polar surface area (TPSA) is 37.4 Å². The van der Waals surface area contributed by atoms with Gasteiger partial charge in [-0.1, -0.05) is 20.8 Å². The van der Waals surface area contributed by atoms with Crippen molar-refractivity contribution in [2.24, 2.45) is 0 Å². The summed E-state index contributed by atoms with van der Waals surface area (Å²) in [4.78, 5) is 7.25. The summed E-state index contributed by atoms with van der Waals surface area (Å²) in [6.45, 7) is 10.5. The molecule has 1 N–H and O–H groups in total. The van der Waals surface area contributed by atoms with Crippen LogP contribution in [0.1, 0.15) is 50.8 Å². The zero-order valence-electron chi connectivity index (χ0n) is 13.9. The monoisotopic (exact) mass is 291 g/mol. The highest BCUT2D eigenvalue weighted by molar-refractivity contribution is 5.44. The molecule has 0 amide bonds. The summed E-state index contributed by atoms with van der Waals surface area (Å²) in [5.74, 6) is 1.56. The van der Waals surface area contributed by atoms with Gasteiger partial charge in [-0.3, -0.25) is 0 Å². The smallest absolute Gasteiger partial charge is 0.129 e. The average Bonchev–Trinajstić information content (AvgIpc) is 2.52. The molecule has 4 nitrogen and oxygen atoms in total. The van der Waals surface area contributed by atoms with Gasteiger partial charge in [0.1, 0.15) is 5.82 Å². The van der Waals surface area contributed by atoms with Crippen molar-refractivity contribution < 1.29 is 4.74 Å². The van der Waals surface area contributed by atoms with Gasteiger partial charge in [-0.05, 0) is 43.0 Å². The molecule has 2 heterocycles. The highest BCUT2D eigenvalue weighted by atomic mass is 16.5. The Morgan fingerprint density at radius 2 is 2.24 bits per heavy atom. The number of nitrogens with one attached hydrogen (secondary N) is 1. The average molecular weight is 291 g/mol. The van der Waals surface area contributed by atoms with Gasteiger partial charge >= 0.3 is 0 Å². The molecule has 1 atom stereocenters. The van der Waals surface area contributed by atoms with Gasteiger partial charge < -0.3 is 15.0 Å². The summed E-state index contributed by atoms with van der Waals surface area (Å²) in [5.41, 5.74) is 2.50. The number of ether oxygens (including phenoxy) is 1. The van der Waals surface area contributed by atoms with E-state index in [1.165, 1.54) is 17.7 Å². The molecule has 0 aromatic carbocycles. The van der Waals surface area contributed by atoms with Gasteiger partial charge in [0.2, 0.25) is 0 Å². The number of methoxy groups -OCH3 is 1. The Balaban J connectivity index is 2.22. The highest BCUT2D eigenvalue weighted by Crippen LogP contribution is 2.24. The first-order chi connectivity index (χ1) is 10.1.